The Labute approximate surface area is 77.7 Å². The molecule has 3 nitrogen and oxygen atoms in total. The molecule has 0 fully saturated rings. The second-order valence-corrected chi connectivity index (χ2v) is 2.84. The van der Waals surface area contributed by atoms with Gasteiger partial charge in [-0.05, 0) is 6.42 Å². The minimum atomic E-state index is -4.48. The molecule has 1 unspecified atom stereocenters. The third kappa shape index (κ3) is 2.97. The van der Waals surface area contributed by atoms with Gasteiger partial charge in [0.1, 0.15) is 19.3 Å². The number of aryl methyl sites for hydroxylation is 1. The Hall–Kier alpha value is -1.14. The number of alkyl halides is 4. The second kappa shape index (κ2) is 4.39. The van der Waals surface area contributed by atoms with Crippen LogP contribution in [0.5, 0.6) is 0 Å². The molecule has 0 aliphatic rings. The fraction of sp³-hybridized carbons (Fsp3) is 0.714. The molecule has 7 heteroatoms. The minimum Gasteiger partial charge on any atom is -0.253 e. The predicted molar refractivity (Wildman–Crippen MR) is 40.2 cm³/mol. The van der Waals surface area contributed by atoms with Crippen molar-refractivity contribution in [2.24, 2.45) is 5.92 Å². The lowest BCUT2D eigenvalue weighted by Gasteiger charge is -2.16. The zero-order chi connectivity index (χ0) is 10.6. The van der Waals surface area contributed by atoms with Crippen LogP contribution in [0.1, 0.15) is 6.42 Å². The molecule has 0 aliphatic carbocycles. The second-order valence-electron chi connectivity index (χ2n) is 2.84. The molecule has 1 rings (SSSR count). The van der Waals surface area contributed by atoms with Crippen LogP contribution in [0.4, 0.5) is 17.6 Å². The maximum Gasteiger partial charge on any atom is 0.394 e. The molecule has 0 spiro atoms. The minimum absolute atomic E-state index is 0.0219. The summed E-state index contributed by atoms with van der Waals surface area (Å²) in [5.74, 6) is -1.91. The lowest BCUT2D eigenvalue weighted by molar-refractivity contribution is -0.180. The maximum atomic E-state index is 12.1. The van der Waals surface area contributed by atoms with Crippen molar-refractivity contribution in [1.29, 1.82) is 0 Å². The summed E-state index contributed by atoms with van der Waals surface area (Å²) in [7, 11) is 0. The first kappa shape index (κ1) is 10.9. The molecule has 0 aromatic carbocycles. The third-order valence-electron chi connectivity index (χ3n) is 1.82. The standard InChI is InChI=1S/C7H9F4N3/c8-3-6(7(9,10)11)1-2-14-5-12-4-13-14/h4-6H,1-3H2. The fourth-order valence-electron chi connectivity index (χ4n) is 0.965. The van der Waals surface area contributed by atoms with Crippen LogP contribution < -0.4 is 0 Å². The lowest BCUT2D eigenvalue weighted by atomic mass is 10.1. The summed E-state index contributed by atoms with van der Waals surface area (Å²) in [5, 5.41) is 3.62. The number of rotatable bonds is 4. The zero-order valence-corrected chi connectivity index (χ0v) is 7.21. The van der Waals surface area contributed by atoms with Gasteiger partial charge in [0.05, 0.1) is 5.92 Å². The van der Waals surface area contributed by atoms with E-state index in [1.165, 1.54) is 17.3 Å². The van der Waals surface area contributed by atoms with Gasteiger partial charge >= 0.3 is 6.18 Å². The fourth-order valence-corrected chi connectivity index (χ4v) is 0.965. The van der Waals surface area contributed by atoms with Crippen LogP contribution in [0.2, 0.25) is 0 Å². The lowest BCUT2D eigenvalue weighted by Crippen LogP contribution is -2.26. The average molecular weight is 211 g/mol. The summed E-state index contributed by atoms with van der Waals surface area (Å²) in [5.41, 5.74) is 0. The van der Waals surface area contributed by atoms with Crippen molar-refractivity contribution in [2.75, 3.05) is 6.67 Å². The predicted octanol–water partition coefficient (Wildman–Crippen LogP) is 1.82. The Morgan fingerprint density at radius 1 is 1.36 bits per heavy atom. The van der Waals surface area contributed by atoms with Gasteiger partial charge in [-0.3, -0.25) is 9.07 Å². The van der Waals surface area contributed by atoms with Crippen LogP contribution >= 0.6 is 0 Å². The van der Waals surface area contributed by atoms with Gasteiger partial charge in [0, 0.05) is 6.54 Å². The first-order valence-electron chi connectivity index (χ1n) is 3.99. The third-order valence-corrected chi connectivity index (χ3v) is 1.82. The summed E-state index contributed by atoms with van der Waals surface area (Å²) in [6.07, 6.45) is -2.28. The van der Waals surface area contributed by atoms with E-state index in [0.717, 1.165) is 0 Å². The Morgan fingerprint density at radius 2 is 2.07 bits per heavy atom. The Bertz CT molecular complexity index is 256. The SMILES string of the molecule is FCC(CCn1cncn1)C(F)(F)F. The van der Waals surface area contributed by atoms with E-state index in [1.807, 2.05) is 0 Å². The number of nitrogens with zero attached hydrogens (tertiary/aromatic N) is 3. The van der Waals surface area contributed by atoms with Crippen LogP contribution in [0.25, 0.3) is 0 Å². The summed E-state index contributed by atoms with van der Waals surface area (Å²) >= 11 is 0. The number of hydrogen-bond donors (Lipinski definition) is 0. The van der Waals surface area contributed by atoms with Crippen molar-refractivity contribution in [3.63, 3.8) is 0 Å². The summed E-state index contributed by atoms with van der Waals surface area (Å²) in [6, 6.07) is 0. The summed E-state index contributed by atoms with van der Waals surface area (Å²) in [4.78, 5) is 3.56. The smallest absolute Gasteiger partial charge is 0.253 e. The van der Waals surface area contributed by atoms with E-state index in [1.54, 1.807) is 0 Å². The van der Waals surface area contributed by atoms with E-state index in [4.69, 9.17) is 0 Å². The normalized spacial score (nSPS) is 14.3. The van der Waals surface area contributed by atoms with Crippen molar-refractivity contribution < 1.29 is 17.6 Å². The monoisotopic (exact) mass is 211 g/mol. The molecule has 0 aliphatic heterocycles. The summed E-state index contributed by atoms with van der Waals surface area (Å²) < 4.78 is 49.5. The van der Waals surface area contributed by atoms with Crippen molar-refractivity contribution in [2.45, 2.75) is 19.1 Å². The molecule has 0 saturated carbocycles. The molecular weight excluding hydrogens is 202 g/mol. The van der Waals surface area contributed by atoms with Gasteiger partial charge < -0.3 is 0 Å². The number of hydrogen-bond acceptors (Lipinski definition) is 2. The van der Waals surface area contributed by atoms with Crippen LogP contribution in [0.15, 0.2) is 12.7 Å². The van der Waals surface area contributed by atoms with E-state index < -0.39 is 18.8 Å². The molecule has 1 atom stereocenters. The van der Waals surface area contributed by atoms with E-state index in [0.29, 0.717) is 0 Å². The maximum absolute atomic E-state index is 12.1. The number of halogens is 4. The van der Waals surface area contributed by atoms with E-state index >= 15 is 0 Å². The van der Waals surface area contributed by atoms with Crippen LogP contribution in [-0.4, -0.2) is 27.6 Å². The topological polar surface area (TPSA) is 30.7 Å². The van der Waals surface area contributed by atoms with Crippen LogP contribution in [0.3, 0.4) is 0 Å². The van der Waals surface area contributed by atoms with Gasteiger partial charge in [0.2, 0.25) is 0 Å². The van der Waals surface area contributed by atoms with Gasteiger partial charge in [-0.1, -0.05) is 0 Å². The molecular formula is C7H9F4N3. The van der Waals surface area contributed by atoms with Crippen LogP contribution in [-0.2, 0) is 6.54 Å². The van der Waals surface area contributed by atoms with Gasteiger partial charge in [-0.15, -0.1) is 0 Å². The highest BCUT2D eigenvalue weighted by atomic mass is 19.4. The summed E-state index contributed by atoms with van der Waals surface area (Å²) in [6.45, 7) is -1.37. The van der Waals surface area contributed by atoms with Gasteiger partial charge in [-0.25, -0.2) is 4.98 Å². The van der Waals surface area contributed by atoms with Crippen molar-refractivity contribution in [3.05, 3.63) is 12.7 Å². The molecule has 0 amide bonds. The molecule has 1 aromatic rings. The van der Waals surface area contributed by atoms with E-state index in [-0.39, 0.29) is 13.0 Å². The molecule has 0 N–H and O–H groups in total. The van der Waals surface area contributed by atoms with E-state index in [2.05, 4.69) is 10.1 Å². The highest BCUT2D eigenvalue weighted by molar-refractivity contribution is 4.67. The average Bonchev–Trinajstić information content (AvgIpc) is 2.55. The van der Waals surface area contributed by atoms with E-state index in [9.17, 15) is 17.6 Å². The quantitative estimate of drug-likeness (QED) is 0.711. The molecule has 0 bridgehead atoms. The molecule has 1 heterocycles. The van der Waals surface area contributed by atoms with Crippen molar-refractivity contribution in [1.82, 2.24) is 14.8 Å². The number of aromatic nitrogens is 3. The largest absolute Gasteiger partial charge is 0.394 e. The zero-order valence-electron chi connectivity index (χ0n) is 7.21. The first-order valence-corrected chi connectivity index (χ1v) is 3.99. The van der Waals surface area contributed by atoms with Gasteiger partial charge in [0.25, 0.3) is 0 Å². The molecule has 0 saturated heterocycles. The molecule has 14 heavy (non-hydrogen) atoms. The van der Waals surface area contributed by atoms with Gasteiger partial charge in [-0.2, -0.15) is 18.3 Å². The molecule has 0 radical (unpaired) electrons. The Kier molecular flexibility index (Phi) is 3.43. The van der Waals surface area contributed by atoms with Gasteiger partial charge in [0.15, 0.2) is 0 Å². The van der Waals surface area contributed by atoms with Crippen LogP contribution in [0, 0.1) is 5.92 Å². The first-order chi connectivity index (χ1) is 6.54. The van der Waals surface area contributed by atoms with Crippen molar-refractivity contribution in [3.8, 4) is 0 Å². The molecule has 1 aromatic heterocycles. The highest BCUT2D eigenvalue weighted by Gasteiger charge is 2.39. The van der Waals surface area contributed by atoms with Crippen molar-refractivity contribution >= 4 is 0 Å². The Morgan fingerprint density at radius 3 is 2.50 bits per heavy atom. The Balaban J connectivity index is 2.43. The highest BCUT2D eigenvalue weighted by Crippen LogP contribution is 2.29. The molecule has 80 valence electrons.